The standard InChI is InChI=1S/C14H21IN2/c1-3-14(4-2)11-17(9-8-16-14)13-7-5-6-12(15)10-13/h5-7,10,16H,3-4,8-9,11H2,1-2H3. The number of benzene rings is 1. The fourth-order valence-electron chi connectivity index (χ4n) is 2.57. The van der Waals surface area contributed by atoms with Gasteiger partial charge in [0.05, 0.1) is 0 Å². The number of hydrogen-bond acceptors (Lipinski definition) is 2. The quantitative estimate of drug-likeness (QED) is 0.847. The molecule has 1 fully saturated rings. The lowest BCUT2D eigenvalue weighted by Crippen LogP contribution is -2.60. The van der Waals surface area contributed by atoms with Crippen molar-refractivity contribution in [1.29, 1.82) is 0 Å². The third-order valence-electron chi connectivity index (χ3n) is 3.90. The van der Waals surface area contributed by atoms with Crippen molar-refractivity contribution in [2.45, 2.75) is 32.2 Å². The van der Waals surface area contributed by atoms with E-state index in [4.69, 9.17) is 0 Å². The molecule has 1 heterocycles. The molecular formula is C14H21IN2. The van der Waals surface area contributed by atoms with Crippen LogP contribution in [0.2, 0.25) is 0 Å². The number of nitrogens with one attached hydrogen (secondary N) is 1. The first-order valence-electron chi connectivity index (χ1n) is 6.44. The van der Waals surface area contributed by atoms with E-state index in [0.717, 1.165) is 19.6 Å². The molecule has 1 aliphatic heterocycles. The molecule has 0 saturated carbocycles. The predicted octanol–water partition coefficient (Wildman–Crippen LogP) is 3.26. The van der Waals surface area contributed by atoms with Crippen LogP contribution >= 0.6 is 22.6 Å². The monoisotopic (exact) mass is 344 g/mol. The first kappa shape index (κ1) is 13.1. The summed E-state index contributed by atoms with van der Waals surface area (Å²) in [6, 6.07) is 8.81. The van der Waals surface area contributed by atoms with Crippen LogP contribution < -0.4 is 10.2 Å². The van der Waals surface area contributed by atoms with Crippen LogP contribution in [0.15, 0.2) is 24.3 Å². The summed E-state index contributed by atoms with van der Waals surface area (Å²) in [4.78, 5) is 2.52. The third-order valence-corrected chi connectivity index (χ3v) is 4.57. The van der Waals surface area contributed by atoms with Crippen LogP contribution in [0.5, 0.6) is 0 Å². The number of piperazine rings is 1. The van der Waals surface area contributed by atoms with Crippen molar-refractivity contribution in [1.82, 2.24) is 5.32 Å². The van der Waals surface area contributed by atoms with Gasteiger partial charge >= 0.3 is 0 Å². The lowest BCUT2D eigenvalue weighted by molar-refractivity contribution is 0.277. The van der Waals surface area contributed by atoms with Gasteiger partial charge in [0.1, 0.15) is 0 Å². The van der Waals surface area contributed by atoms with Crippen molar-refractivity contribution in [3.8, 4) is 0 Å². The van der Waals surface area contributed by atoms with Crippen molar-refractivity contribution in [2.24, 2.45) is 0 Å². The minimum absolute atomic E-state index is 0.305. The molecule has 2 rings (SSSR count). The number of hydrogen-bond donors (Lipinski definition) is 1. The Morgan fingerprint density at radius 1 is 1.35 bits per heavy atom. The van der Waals surface area contributed by atoms with Crippen molar-refractivity contribution in [3.05, 3.63) is 27.8 Å². The van der Waals surface area contributed by atoms with E-state index in [1.165, 1.54) is 22.1 Å². The number of nitrogens with zero attached hydrogens (tertiary/aromatic N) is 1. The highest BCUT2D eigenvalue weighted by Crippen LogP contribution is 2.25. The van der Waals surface area contributed by atoms with Crippen LogP contribution in [-0.2, 0) is 0 Å². The Bertz CT molecular complexity index is 374. The lowest BCUT2D eigenvalue weighted by Gasteiger charge is -2.44. The highest BCUT2D eigenvalue weighted by atomic mass is 127. The van der Waals surface area contributed by atoms with Crippen LogP contribution in [0.25, 0.3) is 0 Å². The second kappa shape index (κ2) is 5.57. The normalized spacial score (nSPS) is 19.4. The highest BCUT2D eigenvalue weighted by molar-refractivity contribution is 14.1. The van der Waals surface area contributed by atoms with Gasteiger partial charge in [-0.2, -0.15) is 0 Å². The molecule has 0 bridgehead atoms. The van der Waals surface area contributed by atoms with Gasteiger partial charge in [0, 0.05) is 34.4 Å². The Balaban J connectivity index is 2.17. The lowest BCUT2D eigenvalue weighted by atomic mass is 9.90. The second-order valence-electron chi connectivity index (χ2n) is 4.82. The van der Waals surface area contributed by atoms with Crippen molar-refractivity contribution < 1.29 is 0 Å². The van der Waals surface area contributed by atoms with Gasteiger partial charge in [0.2, 0.25) is 0 Å². The van der Waals surface area contributed by atoms with Crippen molar-refractivity contribution in [3.63, 3.8) is 0 Å². The van der Waals surface area contributed by atoms with Crippen LogP contribution in [-0.4, -0.2) is 25.2 Å². The van der Waals surface area contributed by atoms with E-state index < -0.39 is 0 Å². The Hall–Kier alpha value is -0.290. The maximum Gasteiger partial charge on any atom is 0.0377 e. The van der Waals surface area contributed by atoms with E-state index in [1.54, 1.807) is 0 Å². The first-order valence-corrected chi connectivity index (χ1v) is 7.52. The molecule has 17 heavy (non-hydrogen) atoms. The zero-order chi connectivity index (χ0) is 12.3. The van der Waals surface area contributed by atoms with Gasteiger partial charge in [-0.3, -0.25) is 0 Å². The number of halogens is 1. The molecule has 0 aromatic heterocycles. The van der Waals surface area contributed by atoms with Gasteiger partial charge in [-0.1, -0.05) is 19.9 Å². The molecule has 3 heteroatoms. The summed E-state index contributed by atoms with van der Waals surface area (Å²) in [5.74, 6) is 0. The zero-order valence-electron chi connectivity index (χ0n) is 10.7. The minimum atomic E-state index is 0.305. The average molecular weight is 344 g/mol. The van der Waals surface area contributed by atoms with E-state index in [0.29, 0.717) is 5.54 Å². The van der Waals surface area contributed by atoms with Crippen LogP contribution in [0, 0.1) is 3.57 Å². The second-order valence-corrected chi connectivity index (χ2v) is 6.06. The number of anilines is 1. The largest absolute Gasteiger partial charge is 0.368 e. The predicted molar refractivity (Wildman–Crippen MR) is 82.7 cm³/mol. The summed E-state index contributed by atoms with van der Waals surface area (Å²) in [6.07, 6.45) is 2.40. The molecule has 94 valence electrons. The summed E-state index contributed by atoms with van der Waals surface area (Å²) in [5.41, 5.74) is 1.67. The van der Waals surface area contributed by atoms with Gasteiger partial charge in [-0.25, -0.2) is 0 Å². The molecule has 0 radical (unpaired) electrons. The average Bonchev–Trinajstić information content (AvgIpc) is 2.39. The molecule has 1 N–H and O–H groups in total. The fraction of sp³-hybridized carbons (Fsp3) is 0.571. The van der Waals surface area contributed by atoms with E-state index in [2.05, 4.69) is 70.9 Å². The maximum absolute atomic E-state index is 3.70. The molecule has 0 aliphatic carbocycles. The van der Waals surface area contributed by atoms with E-state index in [9.17, 15) is 0 Å². The van der Waals surface area contributed by atoms with Gasteiger partial charge in [-0.05, 0) is 53.6 Å². The van der Waals surface area contributed by atoms with Crippen LogP contribution in [0.4, 0.5) is 5.69 Å². The Morgan fingerprint density at radius 2 is 2.12 bits per heavy atom. The Kier molecular flexibility index (Phi) is 4.31. The summed E-state index contributed by atoms with van der Waals surface area (Å²) in [6.45, 7) is 7.90. The van der Waals surface area contributed by atoms with Gasteiger partial charge in [-0.15, -0.1) is 0 Å². The van der Waals surface area contributed by atoms with Gasteiger partial charge in [0.25, 0.3) is 0 Å². The Morgan fingerprint density at radius 3 is 2.76 bits per heavy atom. The Labute approximate surface area is 118 Å². The zero-order valence-corrected chi connectivity index (χ0v) is 12.8. The summed E-state index contributed by atoms with van der Waals surface area (Å²) >= 11 is 2.39. The van der Waals surface area contributed by atoms with Crippen LogP contribution in [0.1, 0.15) is 26.7 Å². The molecule has 1 aromatic carbocycles. The van der Waals surface area contributed by atoms with E-state index in [-0.39, 0.29) is 0 Å². The molecule has 0 unspecified atom stereocenters. The molecule has 0 spiro atoms. The van der Waals surface area contributed by atoms with Gasteiger partial charge < -0.3 is 10.2 Å². The van der Waals surface area contributed by atoms with E-state index in [1.807, 2.05) is 0 Å². The fourth-order valence-corrected chi connectivity index (χ4v) is 3.10. The summed E-state index contributed by atoms with van der Waals surface area (Å²) < 4.78 is 1.32. The van der Waals surface area contributed by atoms with Crippen molar-refractivity contribution in [2.75, 3.05) is 24.5 Å². The number of rotatable bonds is 3. The molecule has 1 aromatic rings. The molecule has 0 amide bonds. The highest BCUT2D eigenvalue weighted by Gasteiger charge is 2.31. The first-order chi connectivity index (χ1) is 8.19. The molecular weight excluding hydrogens is 323 g/mol. The third kappa shape index (κ3) is 2.94. The molecule has 2 nitrogen and oxygen atoms in total. The SMILES string of the molecule is CCC1(CC)CN(c2cccc(I)c2)CCN1. The van der Waals surface area contributed by atoms with E-state index >= 15 is 0 Å². The smallest absolute Gasteiger partial charge is 0.0377 e. The molecule has 1 saturated heterocycles. The topological polar surface area (TPSA) is 15.3 Å². The van der Waals surface area contributed by atoms with Crippen molar-refractivity contribution >= 4 is 28.3 Å². The van der Waals surface area contributed by atoms with Crippen LogP contribution in [0.3, 0.4) is 0 Å². The summed E-state index contributed by atoms with van der Waals surface area (Å²) in [7, 11) is 0. The molecule has 0 atom stereocenters. The van der Waals surface area contributed by atoms with Gasteiger partial charge in [0.15, 0.2) is 0 Å². The molecule has 1 aliphatic rings. The summed E-state index contributed by atoms with van der Waals surface area (Å²) in [5, 5.41) is 3.70. The minimum Gasteiger partial charge on any atom is -0.368 e. The maximum atomic E-state index is 3.70.